The number of ether oxygens (including phenoxy) is 2. The minimum Gasteiger partial charge on any atom is -0.480 e. The van der Waals surface area contributed by atoms with Crippen molar-refractivity contribution in [2.45, 2.75) is 44.8 Å². The van der Waals surface area contributed by atoms with E-state index in [9.17, 15) is 14.7 Å². The summed E-state index contributed by atoms with van der Waals surface area (Å²) < 4.78 is 11.0. The van der Waals surface area contributed by atoms with Gasteiger partial charge in [0.1, 0.15) is 12.6 Å². The van der Waals surface area contributed by atoms with E-state index in [1.807, 2.05) is 36.4 Å². The van der Waals surface area contributed by atoms with Crippen molar-refractivity contribution in [3.63, 3.8) is 0 Å². The summed E-state index contributed by atoms with van der Waals surface area (Å²) in [5.74, 6) is -1.14. The molecule has 3 rings (SSSR count). The summed E-state index contributed by atoms with van der Waals surface area (Å²) in [6.45, 7) is 5.73. The zero-order valence-electron chi connectivity index (χ0n) is 17.9. The minimum absolute atomic E-state index is 0.0706. The summed E-state index contributed by atoms with van der Waals surface area (Å²) in [6.07, 6.45) is -0.463. The van der Waals surface area contributed by atoms with E-state index in [1.54, 1.807) is 20.8 Å². The monoisotopic (exact) mass is 411 g/mol. The van der Waals surface area contributed by atoms with Crippen molar-refractivity contribution < 1.29 is 24.2 Å². The Bertz CT molecular complexity index is 878. The first kappa shape index (κ1) is 21.8. The smallest absolute Gasteiger partial charge is 0.410 e. The molecular formula is C24H29NO5. The van der Waals surface area contributed by atoms with Crippen LogP contribution in [0.2, 0.25) is 0 Å². The third-order valence-electron chi connectivity index (χ3n) is 5.81. The highest BCUT2D eigenvalue weighted by Crippen LogP contribution is 2.44. The molecule has 160 valence electrons. The molecule has 30 heavy (non-hydrogen) atoms. The van der Waals surface area contributed by atoms with Gasteiger partial charge in [-0.15, -0.1) is 0 Å². The molecule has 1 N–H and O–H groups in total. The van der Waals surface area contributed by atoms with Gasteiger partial charge in [-0.2, -0.15) is 0 Å². The van der Waals surface area contributed by atoms with E-state index in [1.165, 1.54) is 12.0 Å². The summed E-state index contributed by atoms with van der Waals surface area (Å²) in [7, 11) is 1.53. The van der Waals surface area contributed by atoms with Crippen molar-refractivity contribution in [1.29, 1.82) is 0 Å². The normalized spacial score (nSPS) is 14.0. The number of benzene rings is 2. The Kier molecular flexibility index (Phi) is 6.46. The van der Waals surface area contributed by atoms with Gasteiger partial charge in [0.15, 0.2) is 0 Å². The highest BCUT2D eigenvalue weighted by Gasteiger charge is 2.36. The second kappa shape index (κ2) is 8.88. The van der Waals surface area contributed by atoms with Gasteiger partial charge in [0, 0.05) is 26.0 Å². The molecule has 0 aromatic heterocycles. The highest BCUT2D eigenvalue weighted by molar-refractivity contribution is 5.81. The number of carboxylic acid groups (broad SMARTS) is 1. The number of carbonyl (C=O) groups excluding carboxylic acids is 1. The van der Waals surface area contributed by atoms with Crippen LogP contribution in [0.15, 0.2) is 48.5 Å². The highest BCUT2D eigenvalue weighted by atomic mass is 16.6. The van der Waals surface area contributed by atoms with Crippen LogP contribution in [0.1, 0.15) is 44.2 Å². The van der Waals surface area contributed by atoms with Crippen LogP contribution in [-0.4, -0.2) is 54.0 Å². The predicted octanol–water partition coefficient (Wildman–Crippen LogP) is 4.53. The molecule has 0 saturated heterocycles. The lowest BCUT2D eigenvalue weighted by atomic mass is 9.97. The van der Waals surface area contributed by atoms with E-state index >= 15 is 0 Å². The number of likely N-dealkylation sites (N-methyl/N-ethyl adjacent to an activating group) is 1. The Morgan fingerprint density at radius 3 is 2.07 bits per heavy atom. The molecule has 0 bridgehead atoms. The van der Waals surface area contributed by atoms with Gasteiger partial charge in [0.05, 0.1) is 5.60 Å². The van der Waals surface area contributed by atoms with Gasteiger partial charge in [-0.25, -0.2) is 9.59 Å². The summed E-state index contributed by atoms with van der Waals surface area (Å²) in [6, 6.07) is 15.2. The van der Waals surface area contributed by atoms with Crippen LogP contribution < -0.4 is 0 Å². The van der Waals surface area contributed by atoms with Crippen LogP contribution in [-0.2, 0) is 14.3 Å². The van der Waals surface area contributed by atoms with Crippen molar-refractivity contribution in [2.24, 2.45) is 0 Å². The van der Waals surface area contributed by atoms with E-state index in [2.05, 4.69) is 12.1 Å². The molecule has 6 heteroatoms. The van der Waals surface area contributed by atoms with E-state index < -0.39 is 23.7 Å². The number of aliphatic carboxylic acids is 1. The first-order chi connectivity index (χ1) is 14.3. The molecular weight excluding hydrogens is 382 g/mol. The Balaban J connectivity index is 1.77. The lowest BCUT2D eigenvalue weighted by molar-refractivity contribution is -0.145. The maximum atomic E-state index is 12.9. The molecule has 0 spiro atoms. The van der Waals surface area contributed by atoms with Crippen LogP contribution in [0.5, 0.6) is 0 Å². The van der Waals surface area contributed by atoms with Gasteiger partial charge in [0.2, 0.25) is 0 Å². The molecule has 2 aromatic carbocycles. The van der Waals surface area contributed by atoms with Crippen molar-refractivity contribution in [2.75, 3.05) is 20.3 Å². The molecule has 1 aliphatic rings. The maximum Gasteiger partial charge on any atom is 0.410 e. The number of hydrogen-bond donors (Lipinski definition) is 1. The molecule has 0 radical (unpaired) electrons. The van der Waals surface area contributed by atoms with Gasteiger partial charge in [-0.1, -0.05) is 48.5 Å². The number of nitrogens with zero attached hydrogens (tertiary/aromatic N) is 1. The maximum absolute atomic E-state index is 12.9. The zero-order chi connectivity index (χ0) is 21.9. The third-order valence-corrected chi connectivity index (χ3v) is 5.81. The fraction of sp³-hybridized carbons (Fsp3) is 0.417. The molecule has 1 aliphatic carbocycles. The van der Waals surface area contributed by atoms with Gasteiger partial charge >= 0.3 is 12.1 Å². The standard InChI is InChI=1S/C24H29NO5/c1-5-25(21(22(26)27)14-24(2,3)29-4)23(28)30-15-20-18-12-8-6-10-16(18)17-11-7-9-13-19(17)20/h6-13,20-21H,5,14-15H2,1-4H3,(H,26,27). The van der Waals surface area contributed by atoms with E-state index in [0.29, 0.717) is 0 Å². The van der Waals surface area contributed by atoms with Crippen LogP contribution in [0.25, 0.3) is 11.1 Å². The number of fused-ring (bicyclic) bond motifs is 3. The van der Waals surface area contributed by atoms with E-state index in [4.69, 9.17) is 9.47 Å². The average molecular weight is 411 g/mol. The summed E-state index contributed by atoms with van der Waals surface area (Å²) in [5.41, 5.74) is 3.84. The lowest BCUT2D eigenvalue weighted by Gasteiger charge is -2.33. The van der Waals surface area contributed by atoms with Crippen molar-refractivity contribution >= 4 is 12.1 Å². The fourth-order valence-electron chi connectivity index (χ4n) is 4.03. The molecule has 2 aromatic rings. The summed E-state index contributed by atoms with van der Waals surface area (Å²) in [5, 5.41) is 9.72. The number of methoxy groups -OCH3 is 1. The second-order valence-electron chi connectivity index (χ2n) is 8.11. The van der Waals surface area contributed by atoms with Crippen LogP contribution in [0.3, 0.4) is 0 Å². The Morgan fingerprint density at radius 2 is 1.60 bits per heavy atom. The molecule has 0 heterocycles. The largest absolute Gasteiger partial charge is 0.480 e. The first-order valence-corrected chi connectivity index (χ1v) is 10.2. The Morgan fingerprint density at radius 1 is 1.07 bits per heavy atom. The number of rotatable bonds is 8. The topological polar surface area (TPSA) is 76.1 Å². The summed E-state index contributed by atoms with van der Waals surface area (Å²) in [4.78, 5) is 26.0. The van der Waals surface area contributed by atoms with Gasteiger partial charge in [-0.3, -0.25) is 4.90 Å². The minimum atomic E-state index is -1.07. The van der Waals surface area contributed by atoms with E-state index in [-0.39, 0.29) is 25.5 Å². The quantitative estimate of drug-likeness (QED) is 0.691. The molecule has 0 saturated carbocycles. The van der Waals surface area contributed by atoms with Crippen molar-refractivity contribution in [3.05, 3.63) is 59.7 Å². The Hall–Kier alpha value is -2.86. The van der Waals surface area contributed by atoms with E-state index in [0.717, 1.165) is 22.3 Å². The molecule has 0 fully saturated rings. The number of hydrogen-bond acceptors (Lipinski definition) is 4. The van der Waals surface area contributed by atoms with Crippen LogP contribution in [0, 0.1) is 0 Å². The van der Waals surface area contributed by atoms with Gasteiger partial charge < -0.3 is 14.6 Å². The number of carboxylic acids is 1. The molecule has 1 atom stereocenters. The molecule has 1 unspecified atom stereocenters. The van der Waals surface area contributed by atoms with Crippen LogP contribution >= 0.6 is 0 Å². The fourth-order valence-corrected chi connectivity index (χ4v) is 4.03. The average Bonchev–Trinajstić information content (AvgIpc) is 3.05. The zero-order valence-corrected chi connectivity index (χ0v) is 17.9. The van der Waals surface area contributed by atoms with Crippen molar-refractivity contribution in [1.82, 2.24) is 4.90 Å². The second-order valence-corrected chi connectivity index (χ2v) is 8.11. The van der Waals surface area contributed by atoms with Crippen molar-refractivity contribution in [3.8, 4) is 11.1 Å². The third kappa shape index (κ3) is 4.33. The van der Waals surface area contributed by atoms with Crippen LogP contribution in [0.4, 0.5) is 4.79 Å². The molecule has 1 amide bonds. The first-order valence-electron chi connectivity index (χ1n) is 10.2. The number of carbonyl (C=O) groups is 2. The van der Waals surface area contributed by atoms with Gasteiger partial charge in [0.25, 0.3) is 0 Å². The molecule has 0 aliphatic heterocycles. The lowest BCUT2D eigenvalue weighted by Crippen LogP contribution is -2.49. The molecule has 6 nitrogen and oxygen atoms in total. The SMILES string of the molecule is CCN(C(=O)OCC1c2ccccc2-c2ccccc21)C(CC(C)(C)OC)C(=O)O. The van der Waals surface area contributed by atoms with Gasteiger partial charge in [-0.05, 0) is 43.0 Å². The number of amides is 1. The Labute approximate surface area is 177 Å². The summed E-state index contributed by atoms with van der Waals surface area (Å²) >= 11 is 0. The predicted molar refractivity (Wildman–Crippen MR) is 115 cm³/mol.